The zero-order valence-corrected chi connectivity index (χ0v) is 17.7. The zero-order valence-electron chi connectivity index (χ0n) is 16.1. The number of nitrogens with one attached hydrogen (secondary N) is 2. The summed E-state index contributed by atoms with van der Waals surface area (Å²) in [5.74, 6) is -0.648. The van der Waals surface area contributed by atoms with Crippen LogP contribution in [-0.4, -0.2) is 25.8 Å². The van der Waals surface area contributed by atoms with Crippen LogP contribution in [0.2, 0.25) is 5.02 Å². The summed E-state index contributed by atoms with van der Waals surface area (Å²) in [6.07, 6.45) is 0.554. The number of sulfonamides is 1. The second-order valence-electron chi connectivity index (χ2n) is 6.53. The highest BCUT2D eigenvalue weighted by atomic mass is 35.5. The molecule has 0 aliphatic heterocycles. The molecule has 1 amide bonds. The molecule has 0 fully saturated rings. The fraction of sp³-hybridized carbons (Fsp3) is 0.0952. The van der Waals surface area contributed by atoms with Crippen molar-refractivity contribution in [1.82, 2.24) is 4.72 Å². The Balaban J connectivity index is 1.65. The lowest BCUT2D eigenvalue weighted by atomic mass is 10.2. The Morgan fingerprint density at radius 1 is 1.00 bits per heavy atom. The minimum absolute atomic E-state index is 0.0481. The third-order valence-corrected chi connectivity index (χ3v) is 6.18. The number of hydrogen-bond acceptors (Lipinski definition) is 5. The van der Waals surface area contributed by atoms with Gasteiger partial charge in [-0.2, -0.15) is 0 Å². The Bertz CT molecular complexity index is 1200. The topological polar surface area (TPSA) is 118 Å². The van der Waals surface area contributed by atoms with E-state index in [1.807, 2.05) is 30.3 Å². The number of non-ortho nitro benzene ring substituents is 1. The summed E-state index contributed by atoms with van der Waals surface area (Å²) in [4.78, 5) is 22.7. The number of nitro groups is 1. The van der Waals surface area contributed by atoms with Gasteiger partial charge in [0.1, 0.15) is 0 Å². The number of carbonyl (C=O) groups excluding carboxylic acids is 1. The molecular formula is C21H18ClN3O5S. The number of hydrogen-bond donors (Lipinski definition) is 2. The fourth-order valence-corrected chi connectivity index (χ4v) is 4.01. The lowest BCUT2D eigenvalue weighted by Crippen LogP contribution is -2.26. The Morgan fingerprint density at radius 2 is 1.68 bits per heavy atom. The largest absolute Gasteiger partial charge is 0.322 e. The van der Waals surface area contributed by atoms with Gasteiger partial charge in [-0.3, -0.25) is 14.9 Å². The Morgan fingerprint density at radius 3 is 2.32 bits per heavy atom. The SMILES string of the molecule is O=C(Nc1ccc(S(=O)(=O)NCCc2ccccc2)cc1)c1cc([N+](=O)[O-])ccc1Cl. The third kappa shape index (κ3) is 5.88. The van der Waals surface area contributed by atoms with Crippen LogP contribution in [0.4, 0.5) is 11.4 Å². The Hall–Kier alpha value is -3.27. The zero-order chi connectivity index (χ0) is 22.4. The molecule has 0 atom stereocenters. The summed E-state index contributed by atoms with van der Waals surface area (Å²) in [7, 11) is -3.71. The summed E-state index contributed by atoms with van der Waals surface area (Å²) in [5.41, 5.74) is 1.01. The molecular weight excluding hydrogens is 442 g/mol. The van der Waals surface area contributed by atoms with Gasteiger partial charge in [-0.1, -0.05) is 41.9 Å². The highest BCUT2D eigenvalue weighted by Crippen LogP contribution is 2.23. The molecule has 0 saturated heterocycles. The fourth-order valence-electron chi connectivity index (χ4n) is 2.77. The Labute approximate surface area is 184 Å². The number of anilines is 1. The van der Waals surface area contributed by atoms with Crippen molar-refractivity contribution < 1.29 is 18.1 Å². The van der Waals surface area contributed by atoms with Crippen LogP contribution in [0.3, 0.4) is 0 Å². The molecule has 3 aromatic rings. The number of halogens is 1. The monoisotopic (exact) mass is 459 g/mol. The van der Waals surface area contributed by atoms with E-state index in [1.54, 1.807) is 0 Å². The van der Waals surface area contributed by atoms with Crippen LogP contribution >= 0.6 is 11.6 Å². The lowest BCUT2D eigenvalue weighted by Gasteiger charge is -2.09. The first-order chi connectivity index (χ1) is 14.8. The van der Waals surface area contributed by atoms with Gasteiger partial charge < -0.3 is 5.32 Å². The summed E-state index contributed by atoms with van der Waals surface area (Å²) in [5, 5.41) is 13.5. The molecule has 0 heterocycles. The van der Waals surface area contributed by atoms with Crippen LogP contribution in [-0.2, 0) is 16.4 Å². The first-order valence-corrected chi connectivity index (χ1v) is 11.0. The number of amides is 1. The summed E-state index contributed by atoms with van der Waals surface area (Å²) >= 11 is 5.97. The molecule has 8 nitrogen and oxygen atoms in total. The maximum Gasteiger partial charge on any atom is 0.270 e. The predicted octanol–water partition coefficient (Wildman–Crippen LogP) is 4.02. The van der Waals surface area contributed by atoms with Crippen molar-refractivity contribution in [2.24, 2.45) is 0 Å². The van der Waals surface area contributed by atoms with Crippen molar-refractivity contribution in [2.75, 3.05) is 11.9 Å². The predicted molar refractivity (Wildman–Crippen MR) is 118 cm³/mol. The van der Waals surface area contributed by atoms with Crippen LogP contribution in [0.5, 0.6) is 0 Å². The van der Waals surface area contributed by atoms with E-state index in [2.05, 4.69) is 10.0 Å². The molecule has 2 N–H and O–H groups in total. The molecule has 0 aliphatic carbocycles. The summed E-state index contributed by atoms with van der Waals surface area (Å²) < 4.78 is 27.4. The average Bonchev–Trinajstić information content (AvgIpc) is 2.75. The van der Waals surface area contributed by atoms with Crippen LogP contribution < -0.4 is 10.0 Å². The van der Waals surface area contributed by atoms with Gasteiger partial charge in [0.25, 0.3) is 11.6 Å². The van der Waals surface area contributed by atoms with Gasteiger partial charge in [0.2, 0.25) is 10.0 Å². The van der Waals surface area contributed by atoms with E-state index >= 15 is 0 Å². The number of carbonyl (C=O) groups is 1. The summed E-state index contributed by atoms with van der Waals surface area (Å²) in [6, 6.07) is 18.6. The smallest absolute Gasteiger partial charge is 0.270 e. The maximum absolute atomic E-state index is 12.4. The molecule has 3 aromatic carbocycles. The number of nitro benzene ring substituents is 1. The minimum Gasteiger partial charge on any atom is -0.322 e. The highest BCUT2D eigenvalue weighted by Gasteiger charge is 2.17. The molecule has 0 aromatic heterocycles. The van der Waals surface area contributed by atoms with E-state index in [4.69, 9.17) is 11.6 Å². The van der Waals surface area contributed by atoms with E-state index in [9.17, 15) is 23.3 Å². The van der Waals surface area contributed by atoms with Crippen molar-refractivity contribution >= 4 is 38.9 Å². The molecule has 3 rings (SSSR count). The van der Waals surface area contributed by atoms with Crippen molar-refractivity contribution in [3.8, 4) is 0 Å². The van der Waals surface area contributed by atoms with E-state index in [1.165, 1.54) is 36.4 Å². The average molecular weight is 460 g/mol. The number of rotatable bonds is 8. The van der Waals surface area contributed by atoms with E-state index in [0.29, 0.717) is 12.1 Å². The second kappa shape index (κ2) is 9.69. The van der Waals surface area contributed by atoms with E-state index < -0.39 is 20.9 Å². The van der Waals surface area contributed by atoms with Gasteiger partial charge in [0.05, 0.1) is 20.4 Å². The molecule has 0 saturated carbocycles. The summed E-state index contributed by atoms with van der Waals surface area (Å²) in [6.45, 7) is 0.246. The van der Waals surface area contributed by atoms with Crippen molar-refractivity contribution in [3.05, 3.63) is 99.1 Å². The van der Waals surface area contributed by atoms with Crippen LogP contribution in [0.15, 0.2) is 77.7 Å². The molecule has 0 radical (unpaired) electrons. The molecule has 0 unspecified atom stereocenters. The molecule has 10 heteroatoms. The van der Waals surface area contributed by atoms with Crippen molar-refractivity contribution in [3.63, 3.8) is 0 Å². The van der Waals surface area contributed by atoms with Gasteiger partial charge in [-0.05, 0) is 42.3 Å². The van der Waals surface area contributed by atoms with Crippen LogP contribution in [0, 0.1) is 10.1 Å². The Kier molecular flexibility index (Phi) is 7.01. The van der Waals surface area contributed by atoms with Gasteiger partial charge in [0.15, 0.2) is 0 Å². The number of benzene rings is 3. The lowest BCUT2D eigenvalue weighted by molar-refractivity contribution is -0.384. The van der Waals surface area contributed by atoms with Crippen LogP contribution in [0.1, 0.15) is 15.9 Å². The van der Waals surface area contributed by atoms with Gasteiger partial charge in [-0.15, -0.1) is 0 Å². The van der Waals surface area contributed by atoms with Crippen molar-refractivity contribution in [1.29, 1.82) is 0 Å². The standard InChI is InChI=1S/C21H18ClN3O5S/c22-20-11-8-17(25(27)28)14-19(20)21(26)24-16-6-9-18(10-7-16)31(29,30)23-13-12-15-4-2-1-3-5-15/h1-11,14,23H,12-13H2,(H,24,26). The molecule has 31 heavy (non-hydrogen) atoms. The number of nitrogens with zero attached hydrogens (tertiary/aromatic N) is 1. The molecule has 0 spiro atoms. The molecule has 0 aliphatic rings. The van der Waals surface area contributed by atoms with Gasteiger partial charge in [-0.25, -0.2) is 13.1 Å². The van der Waals surface area contributed by atoms with E-state index in [0.717, 1.165) is 11.6 Å². The van der Waals surface area contributed by atoms with Gasteiger partial charge in [0, 0.05) is 24.4 Å². The molecule has 160 valence electrons. The first kappa shape index (κ1) is 22.4. The van der Waals surface area contributed by atoms with Crippen LogP contribution in [0.25, 0.3) is 0 Å². The van der Waals surface area contributed by atoms with Crippen molar-refractivity contribution in [2.45, 2.75) is 11.3 Å². The quantitative estimate of drug-likeness (QED) is 0.389. The first-order valence-electron chi connectivity index (χ1n) is 9.15. The van der Waals surface area contributed by atoms with E-state index in [-0.39, 0.29) is 27.7 Å². The minimum atomic E-state index is -3.71. The normalized spacial score (nSPS) is 11.1. The highest BCUT2D eigenvalue weighted by molar-refractivity contribution is 7.89. The third-order valence-electron chi connectivity index (χ3n) is 4.38. The second-order valence-corrected chi connectivity index (χ2v) is 8.71. The molecule has 0 bridgehead atoms. The van der Waals surface area contributed by atoms with Gasteiger partial charge >= 0.3 is 0 Å². The maximum atomic E-state index is 12.4.